The van der Waals surface area contributed by atoms with Crippen LogP contribution in [0.3, 0.4) is 0 Å². The Morgan fingerprint density at radius 3 is 1.06 bits per heavy atom. The summed E-state index contributed by atoms with van der Waals surface area (Å²) in [6.45, 7) is 20.2. The fraction of sp³-hybridized carbons (Fsp3) is 1.00. The summed E-state index contributed by atoms with van der Waals surface area (Å²) in [4.78, 5) is 0. The molecule has 0 aliphatic rings. The standard InChI is InChI=1S/C8H18O2.2C4H10/c1-5-6-7(2,3)8(4,9)10;2*1-4(2)3/h9-10H,5-6H2,1-4H3;2*4H,1-3H3. The third-order valence-corrected chi connectivity index (χ3v) is 2.16. The Balaban J connectivity index is -0.000000233. The fourth-order valence-electron chi connectivity index (χ4n) is 0.862. The average Bonchev–Trinajstić information content (AvgIpc) is 1.98. The van der Waals surface area contributed by atoms with Crippen LogP contribution in [0.5, 0.6) is 0 Å². The summed E-state index contributed by atoms with van der Waals surface area (Å²) in [5.74, 6) is 0.114. The van der Waals surface area contributed by atoms with Crippen molar-refractivity contribution in [1.82, 2.24) is 0 Å². The van der Waals surface area contributed by atoms with E-state index in [1.807, 2.05) is 20.8 Å². The molecule has 0 unspecified atom stereocenters. The molecule has 0 aliphatic carbocycles. The second kappa shape index (κ2) is 10.8. The first-order valence-electron chi connectivity index (χ1n) is 7.22. The Kier molecular flexibility index (Phi) is 13.8. The molecule has 0 heterocycles. The highest BCUT2D eigenvalue weighted by molar-refractivity contribution is 4.79. The fourth-order valence-corrected chi connectivity index (χ4v) is 0.862. The molecule has 0 aliphatic heterocycles. The minimum absolute atomic E-state index is 0.401. The van der Waals surface area contributed by atoms with E-state index >= 15 is 0 Å². The van der Waals surface area contributed by atoms with Crippen LogP contribution in [0, 0.1) is 17.3 Å². The van der Waals surface area contributed by atoms with Gasteiger partial charge in [-0.25, -0.2) is 0 Å². The maximum absolute atomic E-state index is 9.23. The molecule has 0 radical (unpaired) electrons. The highest BCUT2D eigenvalue weighted by Crippen LogP contribution is 2.32. The van der Waals surface area contributed by atoms with E-state index in [-0.39, 0.29) is 0 Å². The second-order valence-corrected chi connectivity index (χ2v) is 7.12. The van der Waals surface area contributed by atoms with Crippen molar-refractivity contribution < 1.29 is 10.2 Å². The highest BCUT2D eigenvalue weighted by Gasteiger charge is 2.36. The van der Waals surface area contributed by atoms with Gasteiger partial charge >= 0.3 is 0 Å². The summed E-state index contributed by atoms with van der Waals surface area (Å²) in [5.41, 5.74) is -0.401. The molecule has 0 fully saturated rings. The van der Waals surface area contributed by atoms with E-state index in [4.69, 9.17) is 0 Å². The van der Waals surface area contributed by atoms with Gasteiger partial charge in [0.25, 0.3) is 0 Å². The Labute approximate surface area is 116 Å². The first-order chi connectivity index (χ1) is 7.77. The van der Waals surface area contributed by atoms with Crippen LogP contribution in [0.1, 0.15) is 82.1 Å². The van der Waals surface area contributed by atoms with Crippen molar-refractivity contribution in [2.24, 2.45) is 17.3 Å². The summed E-state index contributed by atoms with van der Waals surface area (Å²) >= 11 is 0. The van der Waals surface area contributed by atoms with Crippen LogP contribution in [0.25, 0.3) is 0 Å². The van der Waals surface area contributed by atoms with Gasteiger partial charge in [0.2, 0.25) is 0 Å². The van der Waals surface area contributed by atoms with Crippen molar-refractivity contribution in [3.05, 3.63) is 0 Å². The first-order valence-corrected chi connectivity index (χ1v) is 7.22. The van der Waals surface area contributed by atoms with Crippen molar-refractivity contribution in [3.63, 3.8) is 0 Å². The second-order valence-electron chi connectivity index (χ2n) is 7.12. The van der Waals surface area contributed by atoms with Crippen LogP contribution in [0.2, 0.25) is 0 Å². The molecule has 0 aromatic rings. The number of aliphatic hydroxyl groups is 2. The summed E-state index contributed by atoms with van der Waals surface area (Å²) in [6, 6.07) is 0. The van der Waals surface area contributed by atoms with Crippen molar-refractivity contribution in [3.8, 4) is 0 Å². The van der Waals surface area contributed by atoms with Crippen LogP contribution in [0.4, 0.5) is 0 Å². The number of hydrogen-bond donors (Lipinski definition) is 2. The lowest BCUT2D eigenvalue weighted by Crippen LogP contribution is -2.41. The molecule has 0 atom stereocenters. The molecule has 114 valence electrons. The van der Waals surface area contributed by atoms with Crippen LogP contribution in [-0.2, 0) is 0 Å². The summed E-state index contributed by atoms with van der Waals surface area (Å²) in [5, 5.41) is 18.5. The third-order valence-electron chi connectivity index (χ3n) is 2.16. The molecule has 0 saturated carbocycles. The largest absolute Gasteiger partial charge is 0.365 e. The van der Waals surface area contributed by atoms with Crippen molar-refractivity contribution >= 4 is 0 Å². The van der Waals surface area contributed by atoms with E-state index in [9.17, 15) is 10.2 Å². The summed E-state index contributed by atoms with van der Waals surface area (Å²) < 4.78 is 0. The number of rotatable bonds is 3. The molecule has 0 bridgehead atoms. The van der Waals surface area contributed by atoms with E-state index < -0.39 is 11.2 Å². The van der Waals surface area contributed by atoms with E-state index in [0.29, 0.717) is 0 Å². The number of hydrogen-bond acceptors (Lipinski definition) is 2. The van der Waals surface area contributed by atoms with Gasteiger partial charge in [0.05, 0.1) is 0 Å². The zero-order valence-corrected chi connectivity index (χ0v) is 14.5. The van der Waals surface area contributed by atoms with Gasteiger partial charge in [-0.15, -0.1) is 0 Å². The highest BCUT2D eigenvalue weighted by atomic mass is 16.5. The third kappa shape index (κ3) is 21.2. The van der Waals surface area contributed by atoms with Gasteiger partial charge in [-0.3, -0.25) is 0 Å². The van der Waals surface area contributed by atoms with E-state index in [1.165, 1.54) is 6.92 Å². The topological polar surface area (TPSA) is 40.5 Å². The monoisotopic (exact) mass is 262 g/mol. The van der Waals surface area contributed by atoms with Crippen LogP contribution in [0.15, 0.2) is 0 Å². The van der Waals surface area contributed by atoms with Gasteiger partial charge in [-0.2, -0.15) is 0 Å². The van der Waals surface area contributed by atoms with Crippen molar-refractivity contribution in [2.45, 2.75) is 87.9 Å². The molecular weight excluding hydrogens is 224 g/mol. The van der Waals surface area contributed by atoms with Gasteiger partial charge in [-0.1, -0.05) is 68.7 Å². The molecule has 0 spiro atoms. The Morgan fingerprint density at radius 2 is 1.00 bits per heavy atom. The summed E-state index contributed by atoms with van der Waals surface area (Å²) in [7, 11) is 0. The lowest BCUT2D eigenvalue weighted by Gasteiger charge is -2.35. The quantitative estimate of drug-likeness (QED) is 0.715. The minimum Gasteiger partial charge on any atom is -0.365 e. The maximum Gasteiger partial charge on any atom is 0.164 e. The van der Waals surface area contributed by atoms with Crippen molar-refractivity contribution in [1.29, 1.82) is 0 Å². The molecule has 18 heavy (non-hydrogen) atoms. The molecular formula is C16H38O2. The average molecular weight is 262 g/mol. The maximum atomic E-state index is 9.23. The predicted molar refractivity (Wildman–Crippen MR) is 82.6 cm³/mol. The first kappa shape index (κ1) is 23.0. The van der Waals surface area contributed by atoms with Gasteiger partial charge in [-0.05, 0) is 25.2 Å². The van der Waals surface area contributed by atoms with E-state index in [1.54, 1.807) is 0 Å². The molecule has 0 amide bonds. The smallest absolute Gasteiger partial charge is 0.164 e. The zero-order valence-electron chi connectivity index (χ0n) is 14.5. The SMILES string of the molecule is CC(C)C.CC(C)C.CCCC(C)(C)C(C)(O)O. The van der Waals surface area contributed by atoms with Crippen LogP contribution < -0.4 is 0 Å². The van der Waals surface area contributed by atoms with Crippen molar-refractivity contribution in [2.75, 3.05) is 0 Å². The Bertz CT molecular complexity index is 153. The lowest BCUT2D eigenvalue weighted by molar-refractivity contribution is -0.220. The van der Waals surface area contributed by atoms with Crippen LogP contribution >= 0.6 is 0 Å². The molecule has 2 heteroatoms. The lowest BCUT2D eigenvalue weighted by atomic mass is 9.80. The summed E-state index contributed by atoms with van der Waals surface area (Å²) in [6.07, 6.45) is 1.81. The Morgan fingerprint density at radius 1 is 0.778 bits per heavy atom. The Hall–Kier alpha value is -0.0800. The molecule has 0 aromatic carbocycles. The normalized spacial score (nSPS) is 11.7. The zero-order chi connectivity index (χ0) is 15.6. The van der Waals surface area contributed by atoms with E-state index in [0.717, 1.165) is 24.7 Å². The van der Waals surface area contributed by atoms with Crippen LogP contribution in [-0.4, -0.2) is 16.0 Å². The molecule has 2 N–H and O–H groups in total. The van der Waals surface area contributed by atoms with Gasteiger partial charge in [0.15, 0.2) is 5.79 Å². The van der Waals surface area contributed by atoms with Gasteiger partial charge in [0, 0.05) is 5.41 Å². The van der Waals surface area contributed by atoms with Gasteiger partial charge in [0.1, 0.15) is 0 Å². The molecule has 2 nitrogen and oxygen atoms in total. The predicted octanol–water partition coefficient (Wildman–Crippen LogP) is 4.84. The van der Waals surface area contributed by atoms with E-state index in [2.05, 4.69) is 41.5 Å². The molecule has 0 rings (SSSR count). The molecule has 0 saturated heterocycles. The van der Waals surface area contributed by atoms with Gasteiger partial charge < -0.3 is 10.2 Å². The molecule has 0 aromatic heterocycles. The minimum atomic E-state index is -1.55.